The third-order valence-electron chi connectivity index (χ3n) is 2.48. The van der Waals surface area contributed by atoms with E-state index in [0.29, 0.717) is 6.10 Å². The molecule has 0 aromatic carbocycles. The highest BCUT2D eigenvalue weighted by atomic mass is 32.1. The minimum absolute atomic E-state index is 0.329. The Morgan fingerprint density at radius 1 is 1.56 bits per heavy atom. The molecule has 1 aromatic rings. The fourth-order valence-electron chi connectivity index (χ4n) is 1.77. The van der Waals surface area contributed by atoms with Crippen LogP contribution in [0.15, 0.2) is 0 Å². The molecule has 1 N–H and O–H groups in total. The molecule has 0 radical (unpaired) electrons. The van der Waals surface area contributed by atoms with Gasteiger partial charge >= 0.3 is 0 Å². The van der Waals surface area contributed by atoms with E-state index in [1.807, 2.05) is 0 Å². The summed E-state index contributed by atoms with van der Waals surface area (Å²) >= 11 is 1.64. The second-order valence-electron chi connectivity index (χ2n) is 3.95. The van der Waals surface area contributed by atoms with Crippen LogP contribution in [0.2, 0.25) is 0 Å². The van der Waals surface area contributed by atoms with E-state index in [4.69, 9.17) is 4.74 Å². The van der Waals surface area contributed by atoms with E-state index in [-0.39, 0.29) is 0 Å². The Morgan fingerprint density at radius 2 is 2.44 bits per heavy atom. The first kappa shape index (κ1) is 11.8. The molecule has 1 aromatic heterocycles. The highest BCUT2D eigenvalue weighted by Crippen LogP contribution is 2.17. The lowest BCUT2D eigenvalue weighted by Crippen LogP contribution is -2.40. The molecule has 0 amide bonds. The Morgan fingerprint density at radius 3 is 3.19 bits per heavy atom. The van der Waals surface area contributed by atoms with Crippen molar-refractivity contribution in [3.8, 4) is 0 Å². The topological polar surface area (TPSA) is 50.3 Å². The Labute approximate surface area is 99.8 Å². The summed E-state index contributed by atoms with van der Waals surface area (Å²) in [6.45, 7) is 8.73. The van der Waals surface area contributed by atoms with E-state index in [1.54, 1.807) is 11.3 Å². The van der Waals surface area contributed by atoms with Crippen molar-refractivity contribution in [1.82, 2.24) is 15.1 Å². The number of anilines is 1. The Kier molecular flexibility index (Phi) is 4.09. The fourth-order valence-corrected chi connectivity index (χ4v) is 2.62. The van der Waals surface area contributed by atoms with E-state index in [2.05, 4.69) is 34.3 Å². The minimum atomic E-state index is 0.329. The van der Waals surface area contributed by atoms with E-state index in [0.717, 1.165) is 42.9 Å². The molecule has 6 heteroatoms. The molecule has 1 atom stereocenters. The molecule has 0 aliphatic carbocycles. The van der Waals surface area contributed by atoms with Crippen LogP contribution in [0, 0.1) is 0 Å². The molecule has 2 rings (SSSR count). The van der Waals surface area contributed by atoms with Crippen molar-refractivity contribution in [2.75, 3.05) is 31.6 Å². The van der Waals surface area contributed by atoms with E-state index in [1.165, 1.54) is 0 Å². The second-order valence-corrected chi connectivity index (χ2v) is 5.01. The normalized spacial score (nSPS) is 22.2. The first-order valence-corrected chi connectivity index (χ1v) is 6.49. The van der Waals surface area contributed by atoms with Crippen molar-refractivity contribution in [3.05, 3.63) is 5.01 Å². The molecule has 1 unspecified atom stereocenters. The van der Waals surface area contributed by atoms with Crippen molar-refractivity contribution in [2.24, 2.45) is 0 Å². The van der Waals surface area contributed by atoms with Crippen LogP contribution in [-0.2, 0) is 11.3 Å². The van der Waals surface area contributed by atoms with Crippen LogP contribution in [0.5, 0.6) is 0 Å². The van der Waals surface area contributed by atoms with Crippen LogP contribution in [0.1, 0.15) is 18.9 Å². The van der Waals surface area contributed by atoms with Gasteiger partial charge in [0.1, 0.15) is 5.01 Å². The van der Waals surface area contributed by atoms with E-state index < -0.39 is 0 Å². The number of rotatable bonds is 4. The van der Waals surface area contributed by atoms with Gasteiger partial charge in [0, 0.05) is 19.6 Å². The zero-order valence-electron chi connectivity index (χ0n) is 9.77. The Bertz CT molecular complexity index is 330. The summed E-state index contributed by atoms with van der Waals surface area (Å²) in [7, 11) is 0. The van der Waals surface area contributed by atoms with Crippen LogP contribution in [-0.4, -0.2) is 47.4 Å². The van der Waals surface area contributed by atoms with Crippen LogP contribution in [0.25, 0.3) is 0 Å². The summed E-state index contributed by atoms with van der Waals surface area (Å²) < 4.78 is 5.50. The van der Waals surface area contributed by atoms with Crippen molar-refractivity contribution in [3.63, 3.8) is 0 Å². The monoisotopic (exact) mass is 242 g/mol. The number of ether oxygens (including phenoxy) is 1. The van der Waals surface area contributed by atoms with Gasteiger partial charge < -0.3 is 10.1 Å². The van der Waals surface area contributed by atoms with Gasteiger partial charge in [-0.05, 0) is 13.8 Å². The number of hydrogen-bond acceptors (Lipinski definition) is 6. The number of aromatic nitrogens is 2. The molecular weight excluding hydrogens is 224 g/mol. The van der Waals surface area contributed by atoms with E-state index >= 15 is 0 Å². The third-order valence-corrected chi connectivity index (χ3v) is 3.34. The quantitative estimate of drug-likeness (QED) is 0.859. The molecule has 2 heterocycles. The lowest BCUT2D eigenvalue weighted by atomic mass is 10.3. The average Bonchev–Trinajstić information content (AvgIpc) is 2.66. The first-order chi connectivity index (χ1) is 7.78. The number of nitrogens with zero attached hydrogens (tertiary/aromatic N) is 3. The largest absolute Gasteiger partial charge is 0.376 e. The standard InChI is InChI=1S/C10H18N4OS/c1-3-11-10-13-12-9(16-10)7-14-4-5-15-8(2)6-14/h8H,3-7H2,1-2H3,(H,11,13). The van der Waals surface area contributed by atoms with Crippen LogP contribution >= 0.6 is 11.3 Å². The van der Waals surface area contributed by atoms with Gasteiger partial charge in [0.15, 0.2) is 0 Å². The molecule has 1 fully saturated rings. The number of hydrogen-bond donors (Lipinski definition) is 1. The van der Waals surface area contributed by atoms with Crippen LogP contribution in [0.4, 0.5) is 5.13 Å². The molecule has 1 aliphatic heterocycles. The van der Waals surface area contributed by atoms with Gasteiger partial charge in [-0.15, -0.1) is 10.2 Å². The van der Waals surface area contributed by atoms with Gasteiger partial charge in [-0.25, -0.2) is 0 Å². The molecule has 0 saturated carbocycles. The summed E-state index contributed by atoms with van der Waals surface area (Å²) in [5.74, 6) is 0. The zero-order chi connectivity index (χ0) is 11.4. The molecule has 1 aliphatic rings. The molecular formula is C10H18N4OS. The third kappa shape index (κ3) is 3.13. The van der Waals surface area contributed by atoms with Crippen LogP contribution in [0.3, 0.4) is 0 Å². The lowest BCUT2D eigenvalue weighted by molar-refractivity contribution is -0.0212. The summed E-state index contributed by atoms with van der Waals surface area (Å²) in [5.41, 5.74) is 0. The molecule has 1 saturated heterocycles. The fraction of sp³-hybridized carbons (Fsp3) is 0.800. The summed E-state index contributed by atoms with van der Waals surface area (Å²) in [5, 5.41) is 13.4. The minimum Gasteiger partial charge on any atom is -0.376 e. The molecule has 5 nitrogen and oxygen atoms in total. The molecule has 16 heavy (non-hydrogen) atoms. The predicted octanol–water partition coefficient (Wildman–Crippen LogP) is 1.19. The van der Waals surface area contributed by atoms with Crippen molar-refractivity contribution in [1.29, 1.82) is 0 Å². The zero-order valence-corrected chi connectivity index (χ0v) is 10.6. The van der Waals surface area contributed by atoms with Crippen molar-refractivity contribution < 1.29 is 4.74 Å². The number of morpholine rings is 1. The Hall–Kier alpha value is -0.720. The predicted molar refractivity (Wildman–Crippen MR) is 64.8 cm³/mol. The summed E-state index contributed by atoms with van der Waals surface area (Å²) in [6.07, 6.45) is 0.329. The van der Waals surface area contributed by atoms with Gasteiger partial charge in [0.2, 0.25) is 5.13 Å². The van der Waals surface area contributed by atoms with Crippen LogP contribution < -0.4 is 5.32 Å². The van der Waals surface area contributed by atoms with Gasteiger partial charge in [-0.3, -0.25) is 4.90 Å². The van der Waals surface area contributed by atoms with Gasteiger partial charge in [-0.1, -0.05) is 11.3 Å². The van der Waals surface area contributed by atoms with Crippen molar-refractivity contribution >= 4 is 16.5 Å². The van der Waals surface area contributed by atoms with Gasteiger partial charge in [-0.2, -0.15) is 0 Å². The lowest BCUT2D eigenvalue weighted by Gasteiger charge is -2.30. The maximum absolute atomic E-state index is 5.50. The van der Waals surface area contributed by atoms with Gasteiger partial charge in [0.05, 0.1) is 19.3 Å². The maximum atomic E-state index is 5.50. The summed E-state index contributed by atoms with van der Waals surface area (Å²) in [6, 6.07) is 0. The maximum Gasteiger partial charge on any atom is 0.205 e. The molecule has 0 spiro atoms. The highest BCUT2D eigenvalue weighted by Gasteiger charge is 2.18. The molecule has 0 bridgehead atoms. The smallest absolute Gasteiger partial charge is 0.205 e. The highest BCUT2D eigenvalue weighted by molar-refractivity contribution is 7.15. The summed E-state index contributed by atoms with van der Waals surface area (Å²) in [4.78, 5) is 2.37. The van der Waals surface area contributed by atoms with Gasteiger partial charge in [0.25, 0.3) is 0 Å². The SMILES string of the molecule is CCNc1nnc(CN2CCOC(C)C2)s1. The first-order valence-electron chi connectivity index (χ1n) is 5.68. The van der Waals surface area contributed by atoms with E-state index in [9.17, 15) is 0 Å². The van der Waals surface area contributed by atoms with Crippen molar-refractivity contribution in [2.45, 2.75) is 26.5 Å². The number of nitrogens with one attached hydrogen (secondary N) is 1. The Balaban J connectivity index is 1.87. The average molecular weight is 242 g/mol. The second kappa shape index (κ2) is 5.56. The molecule has 90 valence electrons.